The van der Waals surface area contributed by atoms with Gasteiger partial charge in [-0.1, -0.05) is 11.6 Å². The summed E-state index contributed by atoms with van der Waals surface area (Å²) in [5.41, 5.74) is 1.73. The Morgan fingerprint density at radius 2 is 1.94 bits per heavy atom. The number of rotatable bonds is 6. The van der Waals surface area contributed by atoms with Crippen LogP contribution in [-0.4, -0.2) is 49.7 Å². The Morgan fingerprint density at radius 1 is 1.16 bits per heavy atom. The third-order valence-corrected chi connectivity index (χ3v) is 9.67. The van der Waals surface area contributed by atoms with Crippen molar-refractivity contribution in [1.82, 2.24) is 9.21 Å². The van der Waals surface area contributed by atoms with Crippen LogP contribution in [0.4, 0.5) is 5.69 Å². The van der Waals surface area contributed by atoms with Crippen LogP contribution in [0, 0.1) is 5.92 Å². The quantitative estimate of drug-likeness (QED) is 0.676. The second-order valence-electron chi connectivity index (χ2n) is 8.60. The van der Waals surface area contributed by atoms with Crippen LogP contribution in [0.15, 0.2) is 34.5 Å². The van der Waals surface area contributed by atoms with Gasteiger partial charge in [0.15, 0.2) is 0 Å². The molecule has 0 bridgehead atoms. The van der Waals surface area contributed by atoms with Gasteiger partial charge < -0.3 is 5.32 Å². The molecule has 0 spiro atoms. The number of halogens is 1. The van der Waals surface area contributed by atoms with E-state index in [1.54, 1.807) is 6.07 Å². The molecule has 1 unspecified atom stereocenters. The van der Waals surface area contributed by atoms with E-state index in [2.05, 4.69) is 21.7 Å². The molecule has 2 fully saturated rings. The minimum Gasteiger partial charge on any atom is -0.324 e. The van der Waals surface area contributed by atoms with Gasteiger partial charge in [0.05, 0.1) is 22.2 Å². The fourth-order valence-corrected chi connectivity index (χ4v) is 7.37. The number of carbonyl (C=O) groups is 1. The highest BCUT2D eigenvalue weighted by molar-refractivity contribution is 7.89. The summed E-state index contributed by atoms with van der Waals surface area (Å²) < 4.78 is 27.3. The lowest BCUT2D eigenvalue weighted by Gasteiger charge is -2.35. The van der Waals surface area contributed by atoms with Gasteiger partial charge in [-0.05, 0) is 73.2 Å². The maximum absolute atomic E-state index is 12.9. The van der Waals surface area contributed by atoms with E-state index < -0.39 is 10.0 Å². The summed E-state index contributed by atoms with van der Waals surface area (Å²) in [7, 11) is -3.57. The average Bonchev–Trinajstić information content (AvgIpc) is 3.22. The van der Waals surface area contributed by atoms with Gasteiger partial charge in [0.25, 0.3) is 0 Å². The SMILES string of the molecule is O=C(CN1CCc2sccc2C1C1CC1)Nc1cc(S(=O)(=O)N2CCCC2)ccc1Cl. The van der Waals surface area contributed by atoms with Crippen LogP contribution in [0.25, 0.3) is 0 Å². The topological polar surface area (TPSA) is 69.7 Å². The predicted molar refractivity (Wildman–Crippen MR) is 123 cm³/mol. The largest absolute Gasteiger partial charge is 0.324 e. The second kappa shape index (κ2) is 8.48. The lowest BCUT2D eigenvalue weighted by Crippen LogP contribution is -2.41. The third kappa shape index (κ3) is 4.28. The Hall–Kier alpha value is -1.45. The van der Waals surface area contributed by atoms with E-state index in [-0.39, 0.29) is 17.3 Å². The summed E-state index contributed by atoms with van der Waals surface area (Å²) in [6.45, 7) is 2.21. The molecule has 1 amide bonds. The highest BCUT2D eigenvalue weighted by Crippen LogP contribution is 2.48. The molecule has 166 valence electrons. The number of amides is 1. The molecule has 9 heteroatoms. The van der Waals surface area contributed by atoms with Crippen molar-refractivity contribution in [1.29, 1.82) is 0 Å². The molecule has 0 radical (unpaired) electrons. The zero-order valence-electron chi connectivity index (χ0n) is 17.2. The lowest BCUT2D eigenvalue weighted by atomic mass is 9.96. The summed E-state index contributed by atoms with van der Waals surface area (Å²) >= 11 is 8.11. The summed E-state index contributed by atoms with van der Waals surface area (Å²) in [4.78, 5) is 16.8. The number of hydrogen-bond donors (Lipinski definition) is 1. The van der Waals surface area contributed by atoms with Crippen LogP contribution < -0.4 is 5.32 Å². The zero-order chi connectivity index (χ0) is 21.6. The number of hydrogen-bond acceptors (Lipinski definition) is 5. The maximum atomic E-state index is 12.9. The van der Waals surface area contributed by atoms with E-state index in [1.807, 2.05) is 11.3 Å². The maximum Gasteiger partial charge on any atom is 0.243 e. The van der Waals surface area contributed by atoms with Gasteiger partial charge in [0, 0.05) is 30.6 Å². The van der Waals surface area contributed by atoms with Gasteiger partial charge in [-0.3, -0.25) is 9.69 Å². The Bertz CT molecular complexity index is 1090. The highest BCUT2D eigenvalue weighted by atomic mass is 35.5. The van der Waals surface area contributed by atoms with Gasteiger partial charge in [-0.25, -0.2) is 8.42 Å². The van der Waals surface area contributed by atoms with Crippen LogP contribution in [0.1, 0.15) is 42.2 Å². The van der Waals surface area contributed by atoms with Gasteiger partial charge >= 0.3 is 0 Å². The molecule has 3 aliphatic rings. The number of benzene rings is 1. The monoisotopic (exact) mass is 479 g/mol. The molecule has 5 rings (SSSR count). The predicted octanol–water partition coefficient (Wildman–Crippen LogP) is 4.13. The summed E-state index contributed by atoms with van der Waals surface area (Å²) in [6.07, 6.45) is 5.13. The molecule has 1 saturated heterocycles. The fourth-order valence-electron chi connectivity index (χ4n) is 4.75. The molecular formula is C22H26ClN3O3S2. The summed E-state index contributed by atoms with van der Waals surface area (Å²) in [5.74, 6) is 0.459. The van der Waals surface area contributed by atoms with E-state index in [0.29, 0.717) is 35.8 Å². The molecule has 2 aliphatic heterocycles. The standard InChI is InChI=1S/C22H26ClN3O3S2/c23-18-6-5-16(31(28,29)26-9-1-2-10-26)13-19(18)24-21(27)14-25-11-7-20-17(8-12-30-20)22(25)15-3-4-15/h5-6,8,12-13,15,22H,1-4,7,9-11,14H2,(H,24,27). The zero-order valence-corrected chi connectivity index (χ0v) is 19.6. The van der Waals surface area contributed by atoms with Gasteiger partial charge in [0.1, 0.15) is 0 Å². The van der Waals surface area contributed by atoms with E-state index in [0.717, 1.165) is 25.8 Å². The smallest absolute Gasteiger partial charge is 0.243 e. The first kappa shape index (κ1) is 21.4. The summed E-state index contributed by atoms with van der Waals surface area (Å²) in [5, 5.41) is 5.35. The number of carbonyl (C=O) groups excluding carboxylic acids is 1. The van der Waals surface area contributed by atoms with Gasteiger partial charge in [0.2, 0.25) is 15.9 Å². The van der Waals surface area contributed by atoms with Crippen molar-refractivity contribution in [2.45, 2.75) is 43.0 Å². The third-order valence-electron chi connectivity index (χ3n) is 6.45. The molecule has 1 aliphatic carbocycles. The molecular weight excluding hydrogens is 454 g/mol. The Kier molecular flexibility index (Phi) is 5.85. The van der Waals surface area contributed by atoms with Crippen molar-refractivity contribution in [2.24, 2.45) is 5.92 Å². The number of thiophene rings is 1. The molecule has 1 N–H and O–H groups in total. The van der Waals surface area contributed by atoms with Crippen molar-refractivity contribution in [2.75, 3.05) is 31.5 Å². The highest BCUT2D eigenvalue weighted by Gasteiger charge is 2.40. The van der Waals surface area contributed by atoms with Crippen molar-refractivity contribution in [3.8, 4) is 0 Å². The van der Waals surface area contributed by atoms with E-state index in [1.165, 1.54) is 39.7 Å². The van der Waals surface area contributed by atoms with Gasteiger partial charge in [-0.15, -0.1) is 11.3 Å². The minimum absolute atomic E-state index is 0.165. The number of fused-ring (bicyclic) bond motifs is 1. The number of nitrogens with one attached hydrogen (secondary N) is 1. The normalized spacial score (nSPS) is 22.4. The minimum atomic E-state index is -3.57. The molecule has 1 aromatic heterocycles. The van der Waals surface area contributed by atoms with Crippen LogP contribution in [0.2, 0.25) is 5.02 Å². The van der Waals surface area contributed by atoms with Crippen LogP contribution in [0.5, 0.6) is 0 Å². The van der Waals surface area contributed by atoms with Crippen LogP contribution in [-0.2, 0) is 21.2 Å². The second-order valence-corrected chi connectivity index (χ2v) is 11.9. The Balaban J connectivity index is 1.31. The van der Waals surface area contributed by atoms with Crippen molar-refractivity contribution < 1.29 is 13.2 Å². The average molecular weight is 480 g/mol. The first-order valence-electron chi connectivity index (χ1n) is 10.8. The van der Waals surface area contributed by atoms with Crippen molar-refractivity contribution in [3.63, 3.8) is 0 Å². The first-order valence-corrected chi connectivity index (χ1v) is 13.5. The fraction of sp³-hybridized carbons (Fsp3) is 0.500. The lowest BCUT2D eigenvalue weighted by molar-refractivity contribution is -0.118. The molecule has 1 saturated carbocycles. The molecule has 2 aromatic rings. The van der Waals surface area contributed by atoms with Crippen LogP contribution >= 0.6 is 22.9 Å². The number of anilines is 1. The Morgan fingerprint density at radius 3 is 2.68 bits per heavy atom. The van der Waals surface area contributed by atoms with E-state index >= 15 is 0 Å². The summed E-state index contributed by atoms with van der Waals surface area (Å²) in [6, 6.07) is 7.05. The molecule has 1 aromatic carbocycles. The Labute approximate surface area is 192 Å². The van der Waals surface area contributed by atoms with Crippen LogP contribution in [0.3, 0.4) is 0 Å². The molecule has 6 nitrogen and oxygen atoms in total. The first-order chi connectivity index (χ1) is 14.9. The van der Waals surface area contributed by atoms with E-state index in [9.17, 15) is 13.2 Å². The number of nitrogens with zero attached hydrogens (tertiary/aromatic N) is 2. The van der Waals surface area contributed by atoms with Crippen molar-refractivity contribution >= 4 is 44.6 Å². The molecule has 3 heterocycles. The molecule has 1 atom stereocenters. The number of sulfonamides is 1. The van der Waals surface area contributed by atoms with Crippen molar-refractivity contribution in [3.05, 3.63) is 45.1 Å². The molecule has 31 heavy (non-hydrogen) atoms. The van der Waals surface area contributed by atoms with Gasteiger partial charge in [-0.2, -0.15) is 4.31 Å². The van der Waals surface area contributed by atoms with E-state index in [4.69, 9.17) is 11.6 Å².